The summed E-state index contributed by atoms with van der Waals surface area (Å²) in [5.41, 5.74) is -2.70. The highest BCUT2D eigenvalue weighted by Crippen LogP contribution is 2.38. The van der Waals surface area contributed by atoms with Crippen LogP contribution < -0.4 is 5.56 Å². The van der Waals surface area contributed by atoms with Crippen molar-refractivity contribution in [1.29, 1.82) is 0 Å². The normalized spacial score (nSPS) is 34.6. The van der Waals surface area contributed by atoms with Gasteiger partial charge in [0.25, 0.3) is 5.56 Å². The molecular formula is C10H13FN2O5S. The molecule has 1 unspecified atom stereocenters. The number of hydrogen-bond acceptors (Lipinski definition) is 6. The van der Waals surface area contributed by atoms with E-state index < -0.39 is 42.9 Å². The molecule has 2 heterocycles. The van der Waals surface area contributed by atoms with Gasteiger partial charge in [-0.1, -0.05) is 0 Å². The molecule has 1 aliphatic heterocycles. The average molecular weight is 292 g/mol. The Morgan fingerprint density at radius 3 is 2.84 bits per heavy atom. The first kappa shape index (κ1) is 14.3. The predicted octanol–water partition coefficient (Wildman–Crippen LogP) is -1.14. The summed E-state index contributed by atoms with van der Waals surface area (Å²) >= 11 is 4.89. The number of H-pyrrole nitrogens is 1. The Hall–Kier alpha value is -1.13. The van der Waals surface area contributed by atoms with Gasteiger partial charge in [0, 0.05) is 12.3 Å². The number of nitrogens with zero attached hydrogens (tertiary/aromatic N) is 1. The zero-order valence-corrected chi connectivity index (χ0v) is 10.5. The fraction of sp³-hybridized carbons (Fsp3) is 0.600. The van der Waals surface area contributed by atoms with Crippen molar-refractivity contribution in [3.63, 3.8) is 0 Å². The lowest BCUT2D eigenvalue weighted by atomic mass is 9.95. The zero-order valence-electron chi connectivity index (χ0n) is 9.69. The van der Waals surface area contributed by atoms with Crippen molar-refractivity contribution in [1.82, 2.24) is 9.55 Å². The minimum atomic E-state index is -2.25. The number of nitrogens with one attached hydrogen (secondary N) is 1. The lowest BCUT2D eigenvalue weighted by molar-refractivity contribution is -0.120. The lowest BCUT2D eigenvalue weighted by Gasteiger charge is -2.29. The SMILES string of the molecule is O=c1ccn([C@@H]2O[C@H](CO)C(O)[C@]2(O)CF)c(=S)[nH]1. The molecule has 106 valence electrons. The molecule has 9 heteroatoms. The highest BCUT2D eigenvalue weighted by Gasteiger charge is 2.56. The summed E-state index contributed by atoms with van der Waals surface area (Å²) in [5.74, 6) is 0. The van der Waals surface area contributed by atoms with Crippen LogP contribution in [0.4, 0.5) is 4.39 Å². The Kier molecular flexibility index (Phi) is 3.83. The molecule has 1 saturated heterocycles. The third-order valence-corrected chi connectivity index (χ3v) is 3.41. The van der Waals surface area contributed by atoms with E-state index in [9.17, 15) is 19.4 Å². The van der Waals surface area contributed by atoms with Gasteiger partial charge in [-0.2, -0.15) is 0 Å². The van der Waals surface area contributed by atoms with Crippen LogP contribution >= 0.6 is 12.2 Å². The summed E-state index contributed by atoms with van der Waals surface area (Å²) < 4.78 is 19.4. The number of aliphatic hydroxyl groups is 3. The molecule has 0 spiro atoms. The van der Waals surface area contributed by atoms with Gasteiger partial charge in [-0.05, 0) is 12.2 Å². The summed E-state index contributed by atoms with van der Waals surface area (Å²) in [6.45, 7) is -1.88. The van der Waals surface area contributed by atoms with Gasteiger partial charge in [-0.3, -0.25) is 14.3 Å². The van der Waals surface area contributed by atoms with Crippen LogP contribution in [0.1, 0.15) is 6.23 Å². The Labute approximate surface area is 111 Å². The molecule has 4 N–H and O–H groups in total. The van der Waals surface area contributed by atoms with Crippen molar-refractivity contribution in [2.75, 3.05) is 13.3 Å². The summed E-state index contributed by atoms with van der Waals surface area (Å²) in [5, 5.41) is 29.0. The third kappa shape index (κ3) is 2.23. The van der Waals surface area contributed by atoms with Crippen molar-refractivity contribution in [3.8, 4) is 0 Å². The Balaban J connectivity index is 2.48. The van der Waals surface area contributed by atoms with E-state index in [2.05, 4.69) is 4.98 Å². The van der Waals surface area contributed by atoms with Crippen LogP contribution in [-0.4, -0.2) is 56.0 Å². The number of alkyl halides is 1. The van der Waals surface area contributed by atoms with E-state index in [4.69, 9.17) is 22.1 Å². The van der Waals surface area contributed by atoms with Crippen LogP contribution in [0.2, 0.25) is 0 Å². The summed E-state index contributed by atoms with van der Waals surface area (Å²) in [6, 6.07) is 1.12. The van der Waals surface area contributed by atoms with Gasteiger partial charge in [0.15, 0.2) is 16.6 Å². The van der Waals surface area contributed by atoms with Gasteiger partial charge in [0.2, 0.25) is 0 Å². The van der Waals surface area contributed by atoms with Crippen molar-refractivity contribution in [3.05, 3.63) is 27.4 Å². The van der Waals surface area contributed by atoms with Crippen LogP contribution in [0.15, 0.2) is 17.1 Å². The topological polar surface area (TPSA) is 108 Å². The van der Waals surface area contributed by atoms with E-state index in [0.29, 0.717) is 0 Å². The third-order valence-electron chi connectivity index (χ3n) is 3.09. The maximum atomic E-state index is 13.1. The highest BCUT2D eigenvalue weighted by atomic mass is 32.1. The van der Waals surface area contributed by atoms with Gasteiger partial charge < -0.3 is 20.1 Å². The molecule has 19 heavy (non-hydrogen) atoms. The maximum absolute atomic E-state index is 13.1. The van der Waals surface area contributed by atoms with Gasteiger partial charge in [0.1, 0.15) is 18.9 Å². The van der Waals surface area contributed by atoms with Crippen molar-refractivity contribution < 1.29 is 24.4 Å². The summed E-state index contributed by atoms with van der Waals surface area (Å²) in [6.07, 6.45) is -2.87. The molecule has 1 aromatic rings. The van der Waals surface area contributed by atoms with E-state index in [1.807, 2.05) is 0 Å². The Morgan fingerprint density at radius 2 is 2.32 bits per heavy atom. The van der Waals surface area contributed by atoms with Gasteiger partial charge in [-0.25, -0.2) is 4.39 Å². The summed E-state index contributed by atoms with van der Waals surface area (Å²) in [7, 11) is 0. The van der Waals surface area contributed by atoms with Gasteiger partial charge >= 0.3 is 0 Å². The first-order valence-electron chi connectivity index (χ1n) is 5.48. The van der Waals surface area contributed by atoms with E-state index in [1.165, 1.54) is 6.20 Å². The van der Waals surface area contributed by atoms with E-state index in [1.54, 1.807) is 0 Å². The number of halogens is 1. The number of aliphatic hydroxyl groups excluding tert-OH is 2. The molecule has 1 fully saturated rings. The smallest absolute Gasteiger partial charge is 0.251 e. The Morgan fingerprint density at radius 1 is 1.63 bits per heavy atom. The second-order valence-corrected chi connectivity index (χ2v) is 4.68. The quantitative estimate of drug-likeness (QED) is 0.524. The number of ether oxygens (including phenoxy) is 1. The predicted molar refractivity (Wildman–Crippen MR) is 63.8 cm³/mol. The van der Waals surface area contributed by atoms with Crippen molar-refractivity contribution in [2.24, 2.45) is 0 Å². The van der Waals surface area contributed by atoms with E-state index in [0.717, 1.165) is 10.6 Å². The zero-order chi connectivity index (χ0) is 14.2. The van der Waals surface area contributed by atoms with Crippen LogP contribution in [0.25, 0.3) is 0 Å². The van der Waals surface area contributed by atoms with Crippen LogP contribution in [-0.2, 0) is 4.74 Å². The molecular weight excluding hydrogens is 279 g/mol. The molecule has 1 aromatic heterocycles. The second kappa shape index (κ2) is 5.10. The minimum Gasteiger partial charge on any atom is -0.394 e. The van der Waals surface area contributed by atoms with E-state index >= 15 is 0 Å². The number of aromatic nitrogens is 2. The van der Waals surface area contributed by atoms with E-state index in [-0.39, 0.29) is 4.77 Å². The standard InChI is InChI=1S/C10H13FN2O5S/c11-4-10(17)7(16)5(3-14)18-8(10)13-2-1-6(15)12-9(13)19/h1-2,5,7-8,14,16-17H,3-4H2,(H,12,15,19)/t5-,7?,8-,10-/m1/s1. The molecule has 0 saturated carbocycles. The molecule has 0 aromatic carbocycles. The fourth-order valence-corrected chi connectivity index (χ4v) is 2.29. The largest absolute Gasteiger partial charge is 0.394 e. The molecule has 0 bridgehead atoms. The summed E-state index contributed by atoms with van der Waals surface area (Å²) in [4.78, 5) is 13.4. The first-order chi connectivity index (χ1) is 8.93. The number of hydrogen-bond donors (Lipinski definition) is 4. The average Bonchev–Trinajstić information content (AvgIpc) is 2.63. The molecule has 2 rings (SSSR count). The van der Waals surface area contributed by atoms with Gasteiger partial charge in [-0.15, -0.1) is 0 Å². The Bertz CT molecular complexity index is 576. The van der Waals surface area contributed by atoms with Gasteiger partial charge in [0.05, 0.1) is 6.61 Å². The monoisotopic (exact) mass is 292 g/mol. The number of aromatic amines is 1. The lowest BCUT2D eigenvalue weighted by Crippen LogP contribution is -2.49. The van der Waals surface area contributed by atoms with Crippen LogP contribution in [0.3, 0.4) is 0 Å². The highest BCUT2D eigenvalue weighted by molar-refractivity contribution is 7.71. The molecule has 0 amide bonds. The van der Waals surface area contributed by atoms with Crippen LogP contribution in [0.5, 0.6) is 0 Å². The maximum Gasteiger partial charge on any atom is 0.251 e. The molecule has 1 aliphatic rings. The molecule has 0 aliphatic carbocycles. The molecule has 0 radical (unpaired) electrons. The molecule has 4 atom stereocenters. The molecule has 7 nitrogen and oxygen atoms in total. The first-order valence-corrected chi connectivity index (χ1v) is 5.89. The van der Waals surface area contributed by atoms with Crippen molar-refractivity contribution in [2.45, 2.75) is 24.0 Å². The minimum absolute atomic E-state index is 0.0878. The van der Waals surface area contributed by atoms with Crippen LogP contribution in [0, 0.1) is 4.77 Å². The second-order valence-electron chi connectivity index (χ2n) is 4.30. The number of rotatable bonds is 3. The fourth-order valence-electron chi connectivity index (χ4n) is 2.03. The van der Waals surface area contributed by atoms with Crippen molar-refractivity contribution >= 4 is 12.2 Å².